The van der Waals surface area contributed by atoms with Crippen molar-refractivity contribution in [2.75, 3.05) is 6.61 Å². The van der Waals surface area contributed by atoms with Crippen LogP contribution in [0.5, 0.6) is 0 Å². The number of nitrogens with one attached hydrogen (secondary N) is 1. The van der Waals surface area contributed by atoms with E-state index in [9.17, 15) is 4.79 Å². The second-order valence-corrected chi connectivity index (χ2v) is 4.52. The maximum atomic E-state index is 11.1. The van der Waals surface area contributed by atoms with Crippen LogP contribution in [0.15, 0.2) is 47.0 Å². The van der Waals surface area contributed by atoms with Crippen molar-refractivity contribution in [3.05, 3.63) is 47.0 Å². The molecular formula is C13H14N2O2. The van der Waals surface area contributed by atoms with Crippen molar-refractivity contribution < 1.29 is 9.53 Å². The van der Waals surface area contributed by atoms with Crippen LogP contribution in [0.4, 0.5) is 0 Å². The van der Waals surface area contributed by atoms with Gasteiger partial charge in [-0.3, -0.25) is 4.79 Å². The first kappa shape index (κ1) is 10.2. The van der Waals surface area contributed by atoms with E-state index in [4.69, 9.17) is 10.5 Å². The van der Waals surface area contributed by atoms with E-state index in [2.05, 4.69) is 5.32 Å². The third kappa shape index (κ3) is 1.65. The predicted molar refractivity (Wildman–Crippen MR) is 63.3 cm³/mol. The van der Waals surface area contributed by atoms with Crippen LogP contribution in [0.3, 0.4) is 0 Å². The zero-order chi connectivity index (χ0) is 11.8. The highest BCUT2D eigenvalue weighted by atomic mass is 16.5. The van der Waals surface area contributed by atoms with Crippen molar-refractivity contribution in [2.45, 2.75) is 12.8 Å². The molecule has 2 heterocycles. The highest BCUT2D eigenvalue weighted by Crippen LogP contribution is 2.43. The van der Waals surface area contributed by atoms with Crippen molar-refractivity contribution >= 4 is 5.91 Å². The zero-order valence-corrected chi connectivity index (χ0v) is 9.40. The molecule has 17 heavy (non-hydrogen) atoms. The van der Waals surface area contributed by atoms with Crippen LogP contribution in [-0.4, -0.2) is 12.5 Å². The Morgan fingerprint density at radius 3 is 3.24 bits per heavy atom. The molecule has 0 aromatic carbocycles. The molecule has 0 unspecified atom stereocenters. The summed E-state index contributed by atoms with van der Waals surface area (Å²) >= 11 is 0. The third-order valence-corrected chi connectivity index (χ3v) is 3.42. The van der Waals surface area contributed by atoms with Gasteiger partial charge in [-0.25, -0.2) is 0 Å². The monoisotopic (exact) mass is 230 g/mol. The van der Waals surface area contributed by atoms with E-state index in [0.29, 0.717) is 13.0 Å². The van der Waals surface area contributed by atoms with Gasteiger partial charge in [0.05, 0.1) is 6.26 Å². The van der Waals surface area contributed by atoms with Gasteiger partial charge >= 0.3 is 0 Å². The van der Waals surface area contributed by atoms with Crippen LogP contribution >= 0.6 is 0 Å². The van der Waals surface area contributed by atoms with E-state index in [-0.39, 0.29) is 11.8 Å². The lowest BCUT2D eigenvalue weighted by atomic mass is 9.96. The lowest BCUT2D eigenvalue weighted by molar-refractivity contribution is -0.118. The molecular weight excluding hydrogens is 216 g/mol. The van der Waals surface area contributed by atoms with Crippen molar-refractivity contribution in [2.24, 2.45) is 11.7 Å². The fourth-order valence-electron chi connectivity index (χ4n) is 2.73. The van der Waals surface area contributed by atoms with Gasteiger partial charge in [-0.2, -0.15) is 0 Å². The molecule has 0 radical (unpaired) electrons. The minimum Gasteiger partial charge on any atom is -0.497 e. The Morgan fingerprint density at radius 2 is 2.41 bits per heavy atom. The number of nitrogens with two attached hydrogens (primary N) is 1. The quantitative estimate of drug-likeness (QED) is 0.746. The van der Waals surface area contributed by atoms with Crippen LogP contribution in [0.1, 0.15) is 12.8 Å². The van der Waals surface area contributed by atoms with Crippen molar-refractivity contribution in [3.8, 4) is 0 Å². The van der Waals surface area contributed by atoms with E-state index in [1.165, 1.54) is 16.7 Å². The average molecular weight is 230 g/mol. The van der Waals surface area contributed by atoms with Gasteiger partial charge in [0.1, 0.15) is 6.61 Å². The fourth-order valence-corrected chi connectivity index (χ4v) is 2.73. The number of hydrogen-bond donors (Lipinski definition) is 2. The molecule has 3 rings (SSSR count). The number of allylic oxidation sites excluding steroid dienone is 4. The Morgan fingerprint density at radius 1 is 1.53 bits per heavy atom. The Labute approximate surface area is 99.5 Å². The van der Waals surface area contributed by atoms with E-state index in [1.54, 1.807) is 6.26 Å². The first-order valence-corrected chi connectivity index (χ1v) is 5.71. The molecule has 0 bridgehead atoms. The van der Waals surface area contributed by atoms with Crippen molar-refractivity contribution in [1.82, 2.24) is 5.32 Å². The van der Waals surface area contributed by atoms with E-state index >= 15 is 0 Å². The predicted octanol–water partition coefficient (Wildman–Crippen LogP) is 1.09. The lowest BCUT2D eigenvalue weighted by Gasteiger charge is -2.12. The number of ether oxygens (including phenoxy) is 1. The smallest absolute Gasteiger partial charge is 0.218 e. The summed E-state index contributed by atoms with van der Waals surface area (Å²) in [6.45, 7) is 0.554. The van der Waals surface area contributed by atoms with Gasteiger partial charge in [0.25, 0.3) is 0 Å². The Hall–Kier alpha value is -1.97. The lowest BCUT2D eigenvalue weighted by Crippen LogP contribution is -2.17. The number of primary amides is 1. The second-order valence-electron chi connectivity index (χ2n) is 4.52. The SMILES string of the molecule is NC(=O)C[C@@H]1CC2=CNC=C3C=COCC1=C32. The normalized spacial score (nSPS) is 25.3. The first-order valence-electron chi connectivity index (χ1n) is 5.71. The van der Waals surface area contributed by atoms with Gasteiger partial charge in [0, 0.05) is 24.4 Å². The summed E-state index contributed by atoms with van der Waals surface area (Å²) in [6, 6.07) is 0. The third-order valence-electron chi connectivity index (χ3n) is 3.42. The first-order chi connectivity index (χ1) is 8.25. The van der Waals surface area contributed by atoms with Crippen LogP contribution in [-0.2, 0) is 9.53 Å². The van der Waals surface area contributed by atoms with Gasteiger partial charge < -0.3 is 15.8 Å². The van der Waals surface area contributed by atoms with Gasteiger partial charge in [-0.1, -0.05) is 0 Å². The summed E-state index contributed by atoms with van der Waals surface area (Å²) in [5.41, 5.74) is 10.1. The van der Waals surface area contributed by atoms with Crippen molar-refractivity contribution in [3.63, 3.8) is 0 Å². The molecule has 0 aromatic heterocycles. The maximum absolute atomic E-state index is 11.1. The van der Waals surface area contributed by atoms with Gasteiger partial charge in [0.2, 0.25) is 5.91 Å². The van der Waals surface area contributed by atoms with Gasteiger partial charge in [-0.05, 0) is 35.1 Å². The average Bonchev–Trinajstić information content (AvgIpc) is 2.49. The van der Waals surface area contributed by atoms with Crippen LogP contribution in [0.2, 0.25) is 0 Å². The molecule has 0 saturated heterocycles. The second kappa shape index (κ2) is 3.80. The fraction of sp³-hybridized carbons (Fsp3) is 0.308. The van der Waals surface area contributed by atoms with Gasteiger partial charge in [-0.15, -0.1) is 0 Å². The molecule has 0 aromatic rings. The zero-order valence-electron chi connectivity index (χ0n) is 9.40. The minimum absolute atomic E-state index is 0.192. The molecule has 4 nitrogen and oxygen atoms in total. The molecule has 88 valence electrons. The molecule has 0 spiro atoms. The Bertz CT molecular complexity index is 498. The molecule has 0 saturated carbocycles. The molecule has 4 heteroatoms. The Balaban J connectivity index is 2.02. The number of hydrogen-bond acceptors (Lipinski definition) is 3. The number of dihydropyridines is 1. The maximum Gasteiger partial charge on any atom is 0.218 e. The molecule has 2 aliphatic heterocycles. The molecule has 1 atom stereocenters. The highest BCUT2D eigenvalue weighted by Gasteiger charge is 2.33. The summed E-state index contributed by atoms with van der Waals surface area (Å²) < 4.78 is 5.44. The van der Waals surface area contributed by atoms with Gasteiger partial charge in [0.15, 0.2) is 0 Å². The molecule has 1 amide bonds. The standard InChI is InChI=1S/C13H14N2O2/c14-12(16)4-9-3-10-6-15-5-8-1-2-17-7-11(9)13(8)10/h1-2,5-6,9,15H,3-4,7H2,(H2,14,16)/t9-/m0/s1. The van der Waals surface area contributed by atoms with Crippen LogP contribution in [0.25, 0.3) is 0 Å². The molecule has 0 fully saturated rings. The van der Waals surface area contributed by atoms with Crippen LogP contribution < -0.4 is 11.1 Å². The number of rotatable bonds is 2. The van der Waals surface area contributed by atoms with E-state index in [1.807, 2.05) is 18.5 Å². The topological polar surface area (TPSA) is 64.4 Å². The Kier molecular flexibility index (Phi) is 2.28. The molecule has 3 aliphatic rings. The summed E-state index contributed by atoms with van der Waals surface area (Å²) in [4.78, 5) is 11.1. The summed E-state index contributed by atoms with van der Waals surface area (Å²) in [7, 11) is 0. The summed E-state index contributed by atoms with van der Waals surface area (Å²) in [6.07, 6.45) is 8.88. The molecule has 1 aliphatic carbocycles. The number of carbonyl (C=O) groups excluding carboxylic acids is 1. The summed E-state index contributed by atoms with van der Waals surface area (Å²) in [5.74, 6) is -0.0602. The van der Waals surface area contributed by atoms with Crippen molar-refractivity contribution in [1.29, 1.82) is 0 Å². The van der Waals surface area contributed by atoms with E-state index < -0.39 is 0 Å². The summed E-state index contributed by atoms with van der Waals surface area (Å²) in [5, 5.41) is 3.13. The highest BCUT2D eigenvalue weighted by molar-refractivity contribution is 5.75. The largest absolute Gasteiger partial charge is 0.497 e. The molecule has 3 N–H and O–H groups in total. The van der Waals surface area contributed by atoms with Crippen LogP contribution in [0, 0.1) is 5.92 Å². The van der Waals surface area contributed by atoms with E-state index in [0.717, 1.165) is 12.0 Å². The number of carbonyl (C=O) groups is 1. The minimum atomic E-state index is -0.252. The number of amides is 1.